The lowest BCUT2D eigenvalue weighted by molar-refractivity contribution is -0.111. The summed E-state index contributed by atoms with van der Waals surface area (Å²) in [5, 5.41) is 2.82. The van der Waals surface area contributed by atoms with Crippen LogP contribution >= 0.6 is 0 Å². The summed E-state index contributed by atoms with van der Waals surface area (Å²) >= 11 is 0. The van der Waals surface area contributed by atoms with Gasteiger partial charge < -0.3 is 11.1 Å². The quantitative estimate of drug-likeness (QED) is 0.847. The van der Waals surface area contributed by atoms with Gasteiger partial charge in [-0.1, -0.05) is 36.9 Å². The number of nitrogens with one attached hydrogen (secondary N) is 1. The third-order valence-electron chi connectivity index (χ3n) is 4.30. The van der Waals surface area contributed by atoms with Crippen LogP contribution in [0.3, 0.4) is 0 Å². The minimum Gasteiger partial charge on any atom is -0.366 e. The molecule has 0 radical (unpaired) electrons. The van der Waals surface area contributed by atoms with Crippen LogP contribution in [0.1, 0.15) is 27.0 Å². The Kier molecular flexibility index (Phi) is 4.04. The van der Waals surface area contributed by atoms with E-state index in [9.17, 15) is 9.59 Å². The topological polar surface area (TPSA) is 72.2 Å². The van der Waals surface area contributed by atoms with Crippen LogP contribution in [0.2, 0.25) is 0 Å². The maximum atomic E-state index is 11.6. The van der Waals surface area contributed by atoms with E-state index in [1.54, 1.807) is 6.07 Å². The van der Waals surface area contributed by atoms with Crippen molar-refractivity contribution < 1.29 is 9.59 Å². The summed E-state index contributed by atoms with van der Waals surface area (Å²) in [4.78, 5) is 23.2. The third kappa shape index (κ3) is 2.63. The summed E-state index contributed by atoms with van der Waals surface area (Å²) in [5.41, 5.74) is 11.7. The normalized spacial score (nSPS) is 11.9. The zero-order valence-electron chi connectivity index (χ0n) is 13.4. The number of carbonyl (C=O) groups is 2. The van der Waals surface area contributed by atoms with Crippen molar-refractivity contribution in [2.45, 2.75) is 13.3 Å². The summed E-state index contributed by atoms with van der Waals surface area (Å²) in [5.74, 6) is -0.658. The molecule has 0 saturated heterocycles. The third-order valence-corrected chi connectivity index (χ3v) is 4.30. The molecule has 2 aromatic carbocycles. The molecule has 4 nitrogen and oxygen atoms in total. The second-order valence-electron chi connectivity index (χ2n) is 5.70. The SMILES string of the molecule is C=CC(=O)Nc1cccc(-c2ccc(C(N)=O)c3c2C=CC3)c1C. The van der Waals surface area contributed by atoms with Crippen LogP contribution in [0.25, 0.3) is 17.2 Å². The Morgan fingerprint density at radius 2 is 2.00 bits per heavy atom. The Morgan fingerprint density at radius 3 is 2.71 bits per heavy atom. The highest BCUT2D eigenvalue weighted by Crippen LogP contribution is 2.36. The van der Waals surface area contributed by atoms with Gasteiger partial charge in [-0.05, 0) is 59.4 Å². The summed E-state index contributed by atoms with van der Waals surface area (Å²) in [6.45, 7) is 5.43. The Hall–Kier alpha value is -3.14. The summed E-state index contributed by atoms with van der Waals surface area (Å²) < 4.78 is 0. The molecule has 0 fully saturated rings. The fraction of sp³-hybridized carbons (Fsp3) is 0.100. The van der Waals surface area contributed by atoms with Crippen molar-refractivity contribution in [3.05, 3.63) is 71.3 Å². The predicted octanol–water partition coefficient (Wildman–Crippen LogP) is 3.45. The van der Waals surface area contributed by atoms with E-state index >= 15 is 0 Å². The van der Waals surface area contributed by atoms with Gasteiger partial charge in [0.25, 0.3) is 0 Å². The first kappa shape index (κ1) is 15.7. The number of primary amides is 1. The van der Waals surface area contributed by atoms with E-state index in [1.807, 2.05) is 43.3 Å². The van der Waals surface area contributed by atoms with E-state index in [2.05, 4.69) is 11.9 Å². The van der Waals surface area contributed by atoms with Gasteiger partial charge in [0, 0.05) is 11.3 Å². The van der Waals surface area contributed by atoms with Gasteiger partial charge in [0.1, 0.15) is 0 Å². The predicted molar refractivity (Wildman–Crippen MR) is 96.7 cm³/mol. The second-order valence-corrected chi connectivity index (χ2v) is 5.70. The molecule has 0 spiro atoms. The molecule has 0 saturated carbocycles. The summed E-state index contributed by atoms with van der Waals surface area (Å²) in [7, 11) is 0. The number of nitrogens with two attached hydrogens (primary N) is 1. The lowest BCUT2D eigenvalue weighted by atomic mass is 9.90. The highest BCUT2D eigenvalue weighted by atomic mass is 16.1. The second kappa shape index (κ2) is 6.16. The number of allylic oxidation sites excluding steroid dienone is 1. The van der Waals surface area contributed by atoms with E-state index in [1.165, 1.54) is 6.08 Å². The molecule has 0 heterocycles. The highest BCUT2D eigenvalue weighted by Gasteiger charge is 2.19. The number of fused-ring (bicyclic) bond motifs is 1. The number of rotatable bonds is 4. The maximum Gasteiger partial charge on any atom is 0.249 e. The molecule has 0 bridgehead atoms. The minimum absolute atomic E-state index is 0.246. The van der Waals surface area contributed by atoms with Gasteiger partial charge in [-0.15, -0.1) is 0 Å². The van der Waals surface area contributed by atoms with Crippen molar-refractivity contribution in [1.29, 1.82) is 0 Å². The van der Waals surface area contributed by atoms with Crippen molar-refractivity contribution in [2.75, 3.05) is 5.32 Å². The Morgan fingerprint density at radius 1 is 1.21 bits per heavy atom. The van der Waals surface area contributed by atoms with Gasteiger partial charge >= 0.3 is 0 Å². The van der Waals surface area contributed by atoms with Crippen LogP contribution in [0, 0.1) is 6.92 Å². The van der Waals surface area contributed by atoms with E-state index in [0.717, 1.165) is 33.5 Å². The zero-order chi connectivity index (χ0) is 17.3. The molecule has 3 N–H and O–H groups in total. The molecule has 24 heavy (non-hydrogen) atoms. The van der Waals surface area contributed by atoms with Gasteiger partial charge in [-0.3, -0.25) is 9.59 Å². The fourth-order valence-corrected chi connectivity index (χ4v) is 3.08. The Labute approximate surface area is 140 Å². The standard InChI is InChI=1S/C20H18N2O2/c1-3-19(23)22-18-9-5-6-13(12(18)2)16-10-11-17(20(21)24)15-8-4-7-14(15)16/h3-7,9-11H,1,8H2,2H3,(H2,21,24)(H,22,23). The van der Waals surface area contributed by atoms with Crippen molar-refractivity contribution in [2.24, 2.45) is 5.73 Å². The number of benzene rings is 2. The molecule has 1 aliphatic rings. The van der Waals surface area contributed by atoms with Crippen LogP contribution in [-0.2, 0) is 11.2 Å². The summed E-state index contributed by atoms with van der Waals surface area (Å²) in [6.07, 6.45) is 5.99. The molecule has 120 valence electrons. The van der Waals surface area contributed by atoms with Crippen LogP contribution in [0.15, 0.2) is 49.1 Å². The average Bonchev–Trinajstić information content (AvgIpc) is 3.05. The molecule has 0 aliphatic heterocycles. The van der Waals surface area contributed by atoms with Gasteiger partial charge in [-0.2, -0.15) is 0 Å². The molecular formula is C20H18N2O2. The number of anilines is 1. The first-order valence-electron chi connectivity index (χ1n) is 7.68. The van der Waals surface area contributed by atoms with Crippen molar-refractivity contribution >= 4 is 23.6 Å². The molecule has 2 amide bonds. The van der Waals surface area contributed by atoms with Crippen LogP contribution in [0.5, 0.6) is 0 Å². The maximum absolute atomic E-state index is 11.6. The molecule has 4 heteroatoms. The highest BCUT2D eigenvalue weighted by molar-refractivity contribution is 6.01. The average molecular weight is 318 g/mol. The van der Waals surface area contributed by atoms with E-state index < -0.39 is 5.91 Å². The molecule has 0 unspecified atom stereocenters. The minimum atomic E-state index is -0.412. The largest absolute Gasteiger partial charge is 0.366 e. The van der Waals surface area contributed by atoms with Crippen LogP contribution < -0.4 is 11.1 Å². The van der Waals surface area contributed by atoms with Gasteiger partial charge in [0.05, 0.1) is 0 Å². The smallest absolute Gasteiger partial charge is 0.249 e. The van der Waals surface area contributed by atoms with Gasteiger partial charge in [-0.25, -0.2) is 0 Å². The number of hydrogen-bond acceptors (Lipinski definition) is 2. The van der Waals surface area contributed by atoms with Crippen LogP contribution in [0.4, 0.5) is 5.69 Å². The van der Waals surface area contributed by atoms with Crippen molar-refractivity contribution in [3.63, 3.8) is 0 Å². The number of carbonyl (C=O) groups excluding carboxylic acids is 2. The lowest BCUT2D eigenvalue weighted by Gasteiger charge is -2.16. The van der Waals surface area contributed by atoms with E-state index in [4.69, 9.17) is 5.73 Å². The number of amides is 2. The van der Waals surface area contributed by atoms with Crippen LogP contribution in [-0.4, -0.2) is 11.8 Å². The summed E-state index contributed by atoms with van der Waals surface area (Å²) in [6, 6.07) is 9.45. The van der Waals surface area contributed by atoms with E-state index in [0.29, 0.717) is 12.0 Å². The molecule has 0 aromatic heterocycles. The van der Waals surface area contributed by atoms with Gasteiger partial charge in [0.2, 0.25) is 11.8 Å². The Balaban J connectivity index is 2.14. The number of hydrogen-bond donors (Lipinski definition) is 2. The lowest BCUT2D eigenvalue weighted by Crippen LogP contribution is -2.14. The first-order chi connectivity index (χ1) is 11.5. The zero-order valence-corrected chi connectivity index (χ0v) is 13.4. The molecule has 0 atom stereocenters. The molecular weight excluding hydrogens is 300 g/mol. The van der Waals surface area contributed by atoms with Crippen molar-refractivity contribution in [3.8, 4) is 11.1 Å². The molecule has 3 rings (SSSR count). The van der Waals surface area contributed by atoms with E-state index in [-0.39, 0.29) is 5.91 Å². The van der Waals surface area contributed by atoms with Crippen molar-refractivity contribution in [1.82, 2.24) is 0 Å². The molecule has 2 aromatic rings. The molecule has 1 aliphatic carbocycles. The Bertz CT molecular complexity index is 895. The fourth-order valence-electron chi connectivity index (χ4n) is 3.08. The monoisotopic (exact) mass is 318 g/mol. The first-order valence-corrected chi connectivity index (χ1v) is 7.68. The van der Waals surface area contributed by atoms with Gasteiger partial charge in [0.15, 0.2) is 0 Å².